The van der Waals surface area contributed by atoms with Gasteiger partial charge in [-0.2, -0.15) is 0 Å². The second kappa shape index (κ2) is 49.6. The number of allylic oxidation sites excluding steroid dienone is 2. The molecule has 0 aromatic heterocycles. The molecular weight excluding hydrogens is 1180 g/mol. The van der Waals surface area contributed by atoms with Gasteiger partial charge < -0.3 is 42.6 Å². The molecule has 0 N–H and O–H groups in total. The first-order chi connectivity index (χ1) is 44.9. The fourth-order valence-electron chi connectivity index (χ4n) is 12.1. The molecule has 1 aliphatic rings. The van der Waals surface area contributed by atoms with Crippen LogP contribution in [0, 0.1) is 32.6 Å². The van der Waals surface area contributed by atoms with Crippen LogP contribution in [-0.2, 0) is 72.0 Å². The van der Waals surface area contributed by atoms with Crippen molar-refractivity contribution in [3.8, 4) is 17.2 Å². The first-order valence-corrected chi connectivity index (χ1v) is 36.2. The molecule has 0 saturated carbocycles. The van der Waals surface area contributed by atoms with Gasteiger partial charge in [-0.25, -0.2) is 9.59 Å². The van der Waals surface area contributed by atoms with Crippen molar-refractivity contribution in [2.75, 3.05) is 27.4 Å². The number of ether oxygens (including phenoxy) is 9. The number of methoxy groups -OCH3 is 2. The smallest absolute Gasteiger partial charge is 0.496 e. The fraction of sp³-hybridized carbons (Fsp3) is 0.727. The maximum atomic E-state index is 13.4. The van der Waals surface area contributed by atoms with E-state index in [4.69, 9.17) is 42.6 Å². The minimum atomic E-state index is -1.04. The SMILES string of the molecule is CCCCCCCCCCCCCCCC(=O)OCC(COC(=O)CCCCCCCCCCCCCCC)OC(=O)CC(C)CCCCCCCC(C)C(=O)Oc1c(C)cc(COC(=O)Oc2c(C/C=C(\C)CCC(=O)OC)c(OC)c(C)c3c2C(=O)OC3)cc1C. The van der Waals surface area contributed by atoms with Gasteiger partial charge >= 0.3 is 42.0 Å². The third-order valence-corrected chi connectivity index (χ3v) is 17.9. The highest BCUT2D eigenvalue weighted by Crippen LogP contribution is 2.43. The molecule has 16 heteroatoms. The summed E-state index contributed by atoms with van der Waals surface area (Å²) in [5.41, 5.74) is 4.76. The van der Waals surface area contributed by atoms with Crippen molar-refractivity contribution in [3.05, 3.63) is 62.7 Å². The van der Waals surface area contributed by atoms with Gasteiger partial charge in [0.15, 0.2) is 11.9 Å². The summed E-state index contributed by atoms with van der Waals surface area (Å²) in [6, 6.07) is 3.57. The standard InChI is InChI=1S/C77H122O16/c1-11-13-15-17-19-21-23-25-27-29-31-36-40-44-68(79)87-54-64(55-88-69(80)45-41-37-32-30-28-26-24-22-20-18-16-14-12-2)91-70(81)50-58(4)42-38-34-33-35-39-43-59(5)75(82)92-72-60(6)51-63(52-61(72)7)53-90-77(84)93-74-65(48-46-57(3)47-49-67(78)85-9)73(86-10)62(8)66-56-89-76(83)71(66)74/h46,51-52,58-59,64H,11-45,47-50,53-56H2,1-10H3/b57-46+. The van der Waals surface area contributed by atoms with Crippen LogP contribution >= 0.6 is 0 Å². The van der Waals surface area contributed by atoms with Gasteiger partial charge in [-0.3, -0.25) is 24.0 Å². The summed E-state index contributed by atoms with van der Waals surface area (Å²) in [4.78, 5) is 90.4. The molecule has 3 rings (SSSR count). The summed E-state index contributed by atoms with van der Waals surface area (Å²) in [6.45, 7) is 15.3. The van der Waals surface area contributed by atoms with Crippen LogP contribution in [0.3, 0.4) is 0 Å². The van der Waals surface area contributed by atoms with Crippen LogP contribution in [-0.4, -0.2) is 75.5 Å². The molecular formula is C77H122O16. The second-order valence-corrected chi connectivity index (χ2v) is 26.4. The fourth-order valence-corrected chi connectivity index (χ4v) is 12.1. The summed E-state index contributed by atoms with van der Waals surface area (Å²) in [5.74, 6) is -1.72. The minimum Gasteiger partial charge on any atom is -0.496 e. The minimum absolute atomic E-state index is 0.00329. The number of cyclic esters (lactones) is 1. The Morgan fingerprint density at radius 2 is 1.01 bits per heavy atom. The molecule has 526 valence electrons. The van der Waals surface area contributed by atoms with Crippen molar-refractivity contribution < 1.29 is 76.2 Å². The Morgan fingerprint density at radius 3 is 1.49 bits per heavy atom. The monoisotopic (exact) mass is 1300 g/mol. The van der Waals surface area contributed by atoms with E-state index in [0.29, 0.717) is 70.6 Å². The molecule has 93 heavy (non-hydrogen) atoms. The average Bonchev–Trinajstić information content (AvgIpc) is 1.70. The van der Waals surface area contributed by atoms with Gasteiger partial charge in [0.25, 0.3) is 0 Å². The van der Waals surface area contributed by atoms with E-state index in [9.17, 15) is 33.6 Å². The molecule has 0 bridgehead atoms. The molecule has 0 radical (unpaired) electrons. The summed E-state index contributed by atoms with van der Waals surface area (Å²) < 4.78 is 50.3. The summed E-state index contributed by atoms with van der Waals surface area (Å²) in [6.07, 6.45) is 39.6. The maximum Gasteiger partial charge on any atom is 0.514 e. The van der Waals surface area contributed by atoms with E-state index in [-0.39, 0.29) is 92.7 Å². The molecule has 2 atom stereocenters. The number of hydrogen-bond acceptors (Lipinski definition) is 16. The number of benzene rings is 2. The Hall–Kier alpha value is -5.93. The van der Waals surface area contributed by atoms with Crippen molar-refractivity contribution in [1.82, 2.24) is 0 Å². The van der Waals surface area contributed by atoms with Gasteiger partial charge in [-0.15, -0.1) is 0 Å². The Balaban J connectivity index is 1.40. The highest BCUT2D eigenvalue weighted by molar-refractivity contribution is 5.99. The van der Waals surface area contributed by atoms with E-state index in [0.717, 1.165) is 82.6 Å². The molecule has 2 aromatic carbocycles. The second-order valence-electron chi connectivity index (χ2n) is 26.4. The molecule has 0 spiro atoms. The molecule has 0 aliphatic carbocycles. The number of aryl methyl sites for hydroxylation is 2. The van der Waals surface area contributed by atoms with Crippen LogP contribution in [0.1, 0.15) is 322 Å². The van der Waals surface area contributed by atoms with Gasteiger partial charge in [0.1, 0.15) is 43.5 Å². The number of carbonyl (C=O) groups excluding carboxylic acids is 7. The number of unbranched alkanes of at least 4 members (excludes halogenated alkanes) is 28. The van der Waals surface area contributed by atoms with Crippen LogP contribution in [0.15, 0.2) is 23.8 Å². The Morgan fingerprint density at radius 1 is 0.538 bits per heavy atom. The van der Waals surface area contributed by atoms with Crippen molar-refractivity contribution in [1.29, 1.82) is 0 Å². The third-order valence-electron chi connectivity index (χ3n) is 17.9. The summed E-state index contributed by atoms with van der Waals surface area (Å²) in [5, 5.41) is 0. The first-order valence-electron chi connectivity index (χ1n) is 36.2. The first kappa shape index (κ1) is 81.3. The lowest BCUT2D eigenvalue weighted by atomic mass is 9.94. The van der Waals surface area contributed by atoms with Crippen LogP contribution < -0.4 is 14.2 Å². The van der Waals surface area contributed by atoms with E-state index < -0.39 is 24.2 Å². The van der Waals surface area contributed by atoms with Gasteiger partial charge in [-0.05, 0) is 100 Å². The van der Waals surface area contributed by atoms with Gasteiger partial charge in [0, 0.05) is 36.8 Å². The lowest BCUT2D eigenvalue weighted by Gasteiger charge is -2.19. The summed E-state index contributed by atoms with van der Waals surface area (Å²) >= 11 is 0. The average molecular weight is 1300 g/mol. The molecule has 2 aromatic rings. The van der Waals surface area contributed by atoms with E-state index in [1.54, 1.807) is 12.1 Å². The zero-order valence-electron chi connectivity index (χ0n) is 59.4. The van der Waals surface area contributed by atoms with Crippen LogP contribution in [0.2, 0.25) is 0 Å². The molecule has 0 amide bonds. The molecule has 0 fully saturated rings. The lowest BCUT2D eigenvalue weighted by Crippen LogP contribution is -2.31. The Kier molecular flexibility index (Phi) is 43.4. The van der Waals surface area contributed by atoms with E-state index in [1.165, 1.54) is 143 Å². The number of rotatable bonds is 54. The number of esters is 6. The van der Waals surface area contributed by atoms with Crippen LogP contribution in [0.4, 0.5) is 4.79 Å². The molecule has 2 unspecified atom stereocenters. The summed E-state index contributed by atoms with van der Waals surface area (Å²) in [7, 11) is 2.84. The van der Waals surface area contributed by atoms with Gasteiger partial charge in [-0.1, -0.05) is 232 Å². The normalized spacial score (nSPS) is 12.7. The van der Waals surface area contributed by atoms with Crippen molar-refractivity contribution in [2.24, 2.45) is 11.8 Å². The number of carbonyl (C=O) groups is 7. The Labute approximate surface area is 560 Å². The topological polar surface area (TPSA) is 203 Å². The Bertz CT molecular complexity index is 2480. The predicted octanol–water partition coefficient (Wildman–Crippen LogP) is 19.7. The predicted molar refractivity (Wildman–Crippen MR) is 366 cm³/mol. The van der Waals surface area contributed by atoms with E-state index in [1.807, 2.05) is 47.6 Å². The molecule has 1 heterocycles. The zero-order chi connectivity index (χ0) is 68.0. The zero-order valence-corrected chi connectivity index (χ0v) is 59.4. The molecule has 1 aliphatic heterocycles. The maximum absolute atomic E-state index is 13.4. The third kappa shape index (κ3) is 34.9. The molecule has 16 nitrogen and oxygen atoms in total. The van der Waals surface area contributed by atoms with Gasteiger partial charge in [0.05, 0.1) is 20.1 Å². The van der Waals surface area contributed by atoms with Crippen molar-refractivity contribution >= 4 is 42.0 Å². The number of fused-ring (bicyclic) bond motifs is 1. The van der Waals surface area contributed by atoms with Crippen LogP contribution in [0.5, 0.6) is 17.2 Å². The number of hydrogen-bond donors (Lipinski definition) is 0. The van der Waals surface area contributed by atoms with Crippen molar-refractivity contribution in [2.45, 2.75) is 325 Å². The van der Waals surface area contributed by atoms with Gasteiger partial charge in [0.2, 0.25) is 0 Å². The molecule has 0 saturated heterocycles. The van der Waals surface area contributed by atoms with Crippen molar-refractivity contribution in [3.63, 3.8) is 0 Å². The quantitative estimate of drug-likeness (QED) is 0.0151. The highest BCUT2D eigenvalue weighted by Gasteiger charge is 2.35. The van der Waals surface area contributed by atoms with Crippen LogP contribution in [0.25, 0.3) is 0 Å². The highest BCUT2D eigenvalue weighted by atomic mass is 16.7. The van der Waals surface area contributed by atoms with E-state index >= 15 is 0 Å². The largest absolute Gasteiger partial charge is 0.514 e. The van der Waals surface area contributed by atoms with E-state index in [2.05, 4.69) is 13.8 Å². The lowest BCUT2D eigenvalue weighted by molar-refractivity contribution is -0.167.